The Balaban J connectivity index is 2.48. The number of nitrogens with one attached hydrogen (secondary N) is 1. The van der Waals surface area contributed by atoms with Crippen molar-refractivity contribution in [3.63, 3.8) is 0 Å². The smallest absolute Gasteiger partial charge is 0.309 e. The fourth-order valence-electron chi connectivity index (χ4n) is 1.58. The minimum absolute atomic E-state index is 0.533. The predicted molar refractivity (Wildman–Crippen MR) is 56.5 cm³/mol. The van der Waals surface area contributed by atoms with E-state index in [1.807, 2.05) is 24.3 Å². The Hall–Kier alpha value is -1.83. The topological polar surface area (TPSA) is 29.1 Å². The number of rotatable bonds is 3. The SMILES string of the molecule is O=[C]NCc1cccc2ccccc12. The van der Waals surface area contributed by atoms with Crippen LogP contribution < -0.4 is 5.32 Å². The first-order valence-electron chi connectivity index (χ1n) is 4.48. The summed E-state index contributed by atoms with van der Waals surface area (Å²) in [6.45, 7) is 0.533. The summed E-state index contributed by atoms with van der Waals surface area (Å²) in [7, 11) is 0. The average Bonchev–Trinajstić information content (AvgIpc) is 2.26. The molecule has 69 valence electrons. The summed E-state index contributed by atoms with van der Waals surface area (Å²) in [5.41, 5.74) is 1.12. The molecule has 14 heavy (non-hydrogen) atoms. The van der Waals surface area contributed by atoms with E-state index in [0.717, 1.165) is 5.56 Å². The molecule has 1 radical (unpaired) electrons. The van der Waals surface area contributed by atoms with Crippen LogP contribution in [0.3, 0.4) is 0 Å². The van der Waals surface area contributed by atoms with Crippen molar-refractivity contribution in [2.45, 2.75) is 6.54 Å². The Morgan fingerprint density at radius 3 is 2.71 bits per heavy atom. The largest absolute Gasteiger partial charge is 0.344 e. The third-order valence-electron chi connectivity index (χ3n) is 2.23. The van der Waals surface area contributed by atoms with Crippen molar-refractivity contribution >= 4 is 17.2 Å². The Morgan fingerprint density at radius 1 is 1.07 bits per heavy atom. The van der Waals surface area contributed by atoms with E-state index >= 15 is 0 Å². The molecule has 0 aliphatic heterocycles. The molecule has 2 heteroatoms. The van der Waals surface area contributed by atoms with Crippen molar-refractivity contribution in [2.75, 3.05) is 0 Å². The summed E-state index contributed by atoms with van der Waals surface area (Å²) < 4.78 is 0. The Morgan fingerprint density at radius 2 is 1.86 bits per heavy atom. The van der Waals surface area contributed by atoms with E-state index in [1.165, 1.54) is 10.8 Å². The van der Waals surface area contributed by atoms with Gasteiger partial charge in [0.05, 0.1) is 0 Å². The number of fused-ring (bicyclic) bond motifs is 1. The highest BCUT2D eigenvalue weighted by molar-refractivity contribution is 5.85. The van der Waals surface area contributed by atoms with Crippen molar-refractivity contribution in [3.05, 3.63) is 48.0 Å². The lowest BCUT2D eigenvalue weighted by atomic mass is 10.0. The zero-order chi connectivity index (χ0) is 9.80. The van der Waals surface area contributed by atoms with Crippen LogP contribution in [-0.4, -0.2) is 6.41 Å². The van der Waals surface area contributed by atoms with Crippen molar-refractivity contribution in [1.29, 1.82) is 0 Å². The van der Waals surface area contributed by atoms with Gasteiger partial charge in [-0.2, -0.15) is 0 Å². The summed E-state index contributed by atoms with van der Waals surface area (Å²) in [6, 6.07) is 14.2. The minimum Gasteiger partial charge on any atom is -0.344 e. The van der Waals surface area contributed by atoms with E-state index in [-0.39, 0.29) is 0 Å². The zero-order valence-corrected chi connectivity index (χ0v) is 7.66. The first-order valence-corrected chi connectivity index (χ1v) is 4.48. The van der Waals surface area contributed by atoms with Gasteiger partial charge in [-0.25, -0.2) is 0 Å². The number of carbonyl (C=O) groups excluding carboxylic acids is 1. The Kier molecular flexibility index (Phi) is 2.45. The zero-order valence-electron chi connectivity index (χ0n) is 7.66. The lowest BCUT2D eigenvalue weighted by molar-refractivity contribution is 0.542. The second-order valence-electron chi connectivity index (χ2n) is 3.09. The summed E-state index contributed by atoms with van der Waals surface area (Å²) in [5, 5.41) is 4.92. The van der Waals surface area contributed by atoms with Crippen LogP contribution in [0.1, 0.15) is 5.56 Å². The molecule has 2 rings (SSSR count). The van der Waals surface area contributed by atoms with Crippen LogP contribution in [-0.2, 0) is 11.3 Å². The van der Waals surface area contributed by atoms with E-state index < -0.39 is 0 Å². The highest BCUT2D eigenvalue weighted by atomic mass is 16.1. The Bertz CT molecular complexity index is 446. The minimum atomic E-state index is 0.533. The van der Waals surface area contributed by atoms with Gasteiger partial charge >= 0.3 is 6.41 Å². The fraction of sp³-hybridized carbons (Fsp3) is 0.0833. The van der Waals surface area contributed by atoms with Crippen LogP contribution in [0.5, 0.6) is 0 Å². The molecule has 1 amide bonds. The molecule has 0 heterocycles. The first-order chi connectivity index (χ1) is 6.92. The summed E-state index contributed by atoms with van der Waals surface area (Å²) in [5.74, 6) is 0. The summed E-state index contributed by atoms with van der Waals surface area (Å²) in [4.78, 5) is 10.1. The van der Waals surface area contributed by atoms with Crippen molar-refractivity contribution in [3.8, 4) is 0 Å². The maximum absolute atomic E-state index is 10.1. The molecule has 2 nitrogen and oxygen atoms in total. The van der Waals surface area contributed by atoms with Crippen LogP contribution in [0.2, 0.25) is 0 Å². The monoisotopic (exact) mass is 184 g/mol. The van der Waals surface area contributed by atoms with Crippen LogP contribution in [0.15, 0.2) is 42.5 Å². The third kappa shape index (κ3) is 1.59. The molecule has 1 N–H and O–H groups in total. The fourth-order valence-corrected chi connectivity index (χ4v) is 1.58. The molecular weight excluding hydrogens is 174 g/mol. The predicted octanol–water partition coefficient (Wildman–Crippen LogP) is 2.00. The van der Waals surface area contributed by atoms with Crippen LogP contribution in [0.25, 0.3) is 10.8 Å². The lowest BCUT2D eigenvalue weighted by Gasteiger charge is -2.04. The van der Waals surface area contributed by atoms with Gasteiger partial charge in [-0.05, 0) is 16.3 Å². The molecule has 0 spiro atoms. The molecular formula is C12H10NO. The summed E-state index contributed by atoms with van der Waals surface area (Å²) >= 11 is 0. The standard InChI is InChI=1S/C12H10NO/c14-9-13-8-11-6-3-5-10-4-1-2-7-12(10)11/h1-7H,8H2,(H,13,14). The molecule has 0 saturated carbocycles. The van der Waals surface area contributed by atoms with Gasteiger partial charge in [0.1, 0.15) is 0 Å². The molecule has 0 unspecified atom stereocenters. The number of amides is 1. The van der Waals surface area contributed by atoms with E-state index in [0.29, 0.717) is 6.54 Å². The van der Waals surface area contributed by atoms with Gasteiger partial charge in [0, 0.05) is 6.54 Å². The molecule has 0 atom stereocenters. The number of hydrogen-bond donors (Lipinski definition) is 1. The highest BCUT2D eigenvalue weighted by Gasteiger charge is 1.98. The van der Waals surface area contributed by atoms with Crippen molar-refractivity contribution < 1.29 is 4.79 Å². The van der Waals surface area contributed by atoms with Gasteiger partial charge in [0.25, 0.3) is 0 Å². The van der Waals surface area contributed by atoms with E-state index in [4.69, 9.17) is 0 Å². The van der Waals surface area contributed by atoms with E-state index in [9.17, 15) is 4.79 Å². The second-order valence-corrected chi connectivity index (χ2v) is 3.09. The maximum atomic E-state index is 10.1. The van der Waals surface area contributed by atoms with Gasteiger partial charge in [-0.3, -0.25) is 4.79 Å². The van der Waals surface area contributed by atoms with Gasteiger partial charge in [0.2, 0.25) is 0 Å². The molecule has 0 aliphatic rings. The van der Waals surface area contributed by atoms with E-state index in [2.05, 4.69) is 23.5 Å². The van der Waals surface area contributed by atoms with Gasteiger partial charge in [-0.15, -0.1) is 0 Å². The summed E-state index contributed by atoms with van der Waals surface area (Å²) in [6.07, 6.45) is 1.68. The highest BCUT2D eigenvalue weighted by Crippen LogP contribution is 2.17. The molecule has 0 bridgehead atoms. The number of hydrogen-bond acceptors (Lipinski definition) is 1. The second kappa shape index (κ2) is 3.92. The Labute approximate surface area is 82.6 Å². The van der Waals surface area contributed by atoms with Crippen molar-refractivity contribution in [1.82, 2.24) is 5.32 Å². The normalized spacial score (nSPS) is 10.0. The third-order valence-corrected chi connectivity index (χ3v) is 2.23. The first kappa shape index (κ1) is 8.75. The molecule has 0 aromatic heterocycles. The van der Waals surface area contributed by atoms with Gasteiger partial charge < -0.3 is 5.32 Å². The molecule has 2 aromatic rings. The van der Waals surface area contributed by atoms with Gasteiger partial charge in [0.15, 0.2) is 0 Å². The van der Waals surface area contributed by atoms with E-state index in [1.54, 1.807) is 6.41 Å². The quantitative estimate of drug-likeness (QED) is 0.726. The molecule has 0 saturated heterocycles. The van der Waals surface area contributed by atoms with Crippen LogP contribution in [0, 0.1) is 0 Å². The van der Waals surface area contributed by atoms with Crippen molar-refractivity contribution in [2.24, 2.45) is 0 Å². The molecule has 0 aliphatic carbocycles. The van der Waals surface area contributed by atoms with Crippen LogP contribution >= 0.6 is 0 Å². The lowest BCUT2D eigenvalue weighted by Crippen LogP contribution is -2.09. The molecule has 2 aromatic carbocycles. The number of benzene rings is 2. The van der Waals surface area contributed by atoms with Crippen LogP contribution in [0.4, 0.5) is 0 Å². The molecule has 0 fully saturated rings. The average molecular weight is 184 g/mol. The maximum Gasteiger partial charge on any atom is 0.309 e. The van der Waals surface area contributed by atoms with Gasteiger partial charge in [-0.1, -0.05) is 42.5 Å².